The first-order chi connectivity index (χ1) is 10.7. The highest BCUT2D eigenvalue weighted by Crippen LogP contribution is 2.35. The van der Waals surface area contributed by atoms with E-state index < -0.39 is 0 Å². The Bertz CT molecular complexity index is 690. The summed E-state index contributed by atoms with van der Waals surface area (Å²) in [5.41, 5.74) is 3.79. The summed E-state index contributed by atoms with van der Waals surface area (Å²) in [4.78, 5) is 16.4. The molecule has 2 aromatic rings. The van der Waals surface area contributed by atoms with Crippen molar-refractivity contribution >= 4 is 5.95 Å². The number of hydrogen-bond acceptors (Lipinski definition) is 4. The fourth-order valence-corrected chi connectivity index (χ4v) is 3.85. The number of rotatable bonds is 2. The molecule has 0 radical (unpaired) electrons. The van der Waals surface area contributed by atoms with E-state index in [0.717, 1.165) is 31.0 Å². The molecule has 0 aromatic carbocycles. The van der Waals surface area contributed by atoms with Crippen LogP contribution in [0.25, 0.3) is 0 Å². The van der Waals surface area contributed by atoms with E-state index in [9.17, 15) is 0 Å². The quantitative estimate of drug-likeness (QED) is 0.855. The Morgan fingerprint density at radius 3 is 2.82 bits per heavy atom. The summed E-state index contributed by atoms with van der Waals surface area (Å²) >= 11 is 0. The molecule has 22 heavy (non-hydrogen) atoms. The lowest BCUT2D eigenvalue weighted by Gasteiger charge is -2.24. The first-order valence-electron chi connectivity index (χ1n) is 8.34. The molecule has 1 saturated heterocycles. The second-order valence-electron chi connectivity index (χ2n) is 6.48. The smallest absolute Gasteiger partial charge is 0.226 e. The Balaban J connectivity index is 1.71. The molecule has 2 aliphatic rings. The van der Waals surface area contributed by atoms with Crippen LogP contribution >= 0.6 is 0 Å². The lowest BCUT2D eigenvalue weighted by atomic mass is 10.0. The fraction of sp³-hybridized carbons (Fsp3) is 0.588. The van der Waals surface area contributed by atoms with Crippen molar-refractivity contribution in [1.29, 1.82) is 0 Å². The van der Waals surface area contributed by atoms with Gasteiger partial charge in [-0.25, -0.2) is 15.0 Å². The number of aromatic nitrogens is 4. The molecule has 1 fully saturated rings. The van der Waals surface area contributed by atoms with Gasteiger partial charge in [0.05, 0.1) is 11.7 Å². The second kappa shape index (κ2) is 5.38. The molecule has 5 heteroatoms. The number of hydrogen-bond donors (Lipinski definition) is 0. The lowest BCUT2D eigenvalue weighted by Crippen LogP contribution is -2.27. The van der Waals surface area contributed by atoms with Crippen LogP contribution in [0.15, 0.2) is 12.3 Å². The van der Waals surface area contributed by atoms with Crippen molar-refractivity contribution in [2.75, 3.05) is 11.4 Å². The van der Waals surface area contributed by atoms with E-state index in [1.807, 2.05) is 19.2 Å². The summed E-state index contributed by atoms with van der Waals surface area (Å²) in [5.74, 6) is 2.05. The van der Waals surface area contributed by atoms with Crippen LogP contribution in [0.3, 0.4) is 0 Å². The van der Waals surface area contributed by atoms with Crippen molar-refractivity contribution in [3.05, 3.63) is 35.2 Å². The van der Waals surface area contributed by atoms with Gasteiger partial charge in [0.25, 0.3) is 0 Å². The summed E-state index contributed by atoms with van der Waals surface area (Å²) in [5, 5.41) is 0. The molecule has 3 heterocycles. The molecule has 5 nitrogen and oxygen atoms in total. The third kappa shape index (κ3) is 2.19. The van der Waals surface area contributed by atoms with Crippen molar-refractivity contribution in [2.24, 2.45) is 7.05 Å². The summed E-state index contributed by atoms with van der Waals surface area (Å²) < 4.78 is 2.34. The maximum absolute atomic E-state index is 5.00. The van der Waals surface area contributed by atoms with E-state index in [1.54, 1.807) is 0 Å². The van der Waals surface area contributed by atoms with Gasteiger partial charge in [-0.1, -0.05) is 0 Å². The lowest BCUT2D eigenvalue weighted by molar-refractivity contribution is 0.603. The number of aryl methyl sites for hydroxylation is 2. The maximum Gasteiger partial charge on any atom is 0.226 e. The van der Waals surface area contributed by atoms with Crippen molar-refractivity contribution in [3.63, 3.8) is 0 Å². The topological polar surface area (TPSA) is 46.8 Å². The number of fused-ring (bicyclic) bond motifs is 1. The van der Waals surface area contributed by atoms with Crippen molar-refractivity contribution < 1.29 is 0 Å². The number of anilines is 1. The third-order valence-corrected chi connectivity index (χ3v) is 5.00. The highest BCUT2D eigenvalue weighted by atomic mass is 15.3. The molecule has 0 spiro atoms. The van der Waals surface area contributed by atoms with E-state index >= 15 is 0 Å². The van der Waals surface area contributed by atoms with Gasteiger partial charge in [0.2, 0.25) is 5.95 Å². The van der Waals surface area contributed by atoms with E-state index in [4.69, 9.17) is 4.98 Å². The van der Waals surface area contributed by atoms with Crippen LogP contribution in [-0.2, 0) is 19.9 Å². The van der Waals surface area contributed by atoms with Gasteiger partial charge in [-0.2, -0.15) is 0 Å². The Hall–Kier alpha value is -1.91. The van der Waals surface area contributed by atoms with E-state index in [1.165, 1.54) is 42.9 Å². The fourth-order valence-electron chi connectivity index (χ4n) is 3.85. The average molecular weight is 297 g/mol. The molecule has 0 N–H and O–H groups in total. The predicted octanol–water partition coefficient (Wildman–Crippen LogP) is 2.74. The third-order valence-electron chi connectivity index (χ3n) is 5.00. The Morgan fingerprint density at radius 2 is 2.00 bits per heavy atom. The first kappa shape index (κ1) is 13.7. The highest BCUT2D eigenvalue weighted by molar-refractivity contribution is 5.37. The predicted molar refractivity (Wildman–Crippen MR) is 85.9 cm³/mol. The van der Waals surface area contributed by atoms with E-state index in [0.29, 0.717) is 6.04 Å². The average Bonchev–Trinajstić information content (AvgIpc) is 3.12. The summed E-state index contributed by atoms with van der Waals surface area (Å²) in [6.45, 7) is 3.04. The van der Waals surface area contributed by atoms with Crippen LogP contribution in [0, 0.1) is 6.92 Å². The normalized spacial score (nSPS) is 21.2. The van der Waals surface area contributed by atoms with Gasteiger partial charge in [-0.05, 0) is 51.5 Å². The SMILES string of the molecule is Cc1ccnc(N2CCCC2c2nc3c(n2C)CCCC3)n1. The van der Waals surface area contributed by atoms with Gasteiger partial charge >= 0.3 is 0 Å². The number of nitrogens with zero attached hydrogens (tertiary/aromatic N) is 5. The zero-order chi connectivity index (χ0) is 15.1. The zero-order valence-corrected chi connectivity index (χ0v) is 13.4. The Labute approximate surface area is 131 Å². The molecule has 0 saturated carbocycles. The van der Waals surface area contributed by atoms with Crippen LogP contribution in [-0.4, -0.2) is 26.1 Å². The van der Waals surface area contributed by atoms with Crippen LogP contribution < -0.4 is 4.90 Å². The van der Waals surface area contributed by atoms with E-state index in [2.05, 4.69) is 26.5 Å². The molecule has 4 rings (SSSR count). The van der Waals surface area contributed by atoms with Crippen LogP contribution in [0.2, 0.25) is 0 Å². The number of imidazole rings is 1. The van der Waals surface area contributed by atoms with Gasteiger partial charge in [0, 0.05) is 31.2 Å². The summed E-state index contributed by atoms with van der Waals surface area (Å²) in [6.07, 6.45) is 9.06. The molecule has 1 unspecified atom stereocenters. The zero-order valence-electron chi connectivity index (χ0n) is 13.4. The maximum atomic E-state index is 5.00. The van der Waals surface area contributed by atoms with E-state index in [-0.39, 0.29) is 0 Å². The molecule has 0 bridgehead atoms. The van der Waals surface area contributed by atoms with Gasteiger partial charge in [0.1, 0.15) is 5.82 Å². The molecule has 0 amide bonds. The van der Waals surface area contributed by atoms with Crippen LogP contribution in [0.1, 0.15) is 54.6 Å². The molecular formula is C17H23N5. The molecular weight excluding hydrogens is 274 g/mol. The van der Waals surface area contributed by atoms with Gasteiger partial charge in [-0.3, -0.25) is 0 Å². The van der Waals surface area contributed by atoms with Crippen LogP contribution in [0.5, 0.6) is 0 Å². The highest BCUT2D eigenvalue weighted by Gasteiger charge is 2.33. The minimum absolute atomic E-state index is 0.317. The molecule has 116 valence electrons. The van der Waals surface area contributed by atoms with Crippen molar-refractivity contribution in [1.82, 2.24) is 19.5 Å². The van der Waals surface area contributed by atoms with Crippen LogP contribution in [0.4, 0.5) is 5.95 Å². The molecule has 1 atom stereocenters. The standard InChI is InChI=1S/C17H23N5/c1-12-9-10-18-17(19-12)22-11-5-8-15(22)16-20-13-6-3-4-7-14(13)21(16)2/h9-10,15H,3-8,11H2,1-2H3. The first-order valence-corrected chi connectivity index (χ1v) is 8.34. The molecule has 1 aliphatic carbocycles. The Kier molecular flexibility index (Phi) is 3.36. The minimum atomic E-state index is 0.317. The minimum Gasteiger partial charge on any atom is -0.333 e. The van der Waals surface area contributed by atoms with Crippen molar-refractivity contribution in [3.8, 4) is 0 Å². The molecule has 2 aromatic heterocycles. The van der Waals surface area contributed by atoms with Gasteiger partial charge < -0.3 is 9.47 Å². The summed E-state index contributed by atoms with van der Waals surface area (Å²) in [6, 6.07) is 2.27. The van der Waals surface area contributed by atoms with Crippen molar-refractivity contribution in [2.45, 2.75) is 51.5 Å². The monoisotopic (exact) mass is 297 g/mol. The second-order valence-corrected chi connectivity index (χ2v) is 6.48. The summed E-state index contributed by atoms with van der Waals surface area (Å²) in [7, 11) is 2.18. The largest absolute Gasteiger partial charge is 0.333 e. The Morgan fingerprint density at radius 1 is 1.14 bits per heavy atom. The van der Waals surface area contributed by atoms with Gasteiger partial charge in [0.15, 0.2) is 0 Å². The molecule has 1 aliphatic heterocycles. The van der Waals surface area contributed by atoms with Gasteiger partial charge in [-0.15, -0.1) is 0 Å².